The van der Waals surface area contributed by atoms with E-state index in [1.54, 1.807) is 12.5 Å². The lowest BCUT2D eigenvalue weighted by Gasteiger charge is -2.29. The highest BCUT2D eigenvalue weighted by molar-refractivity contribution is 5.91. The van der Waals surface area contributed by atoms with Crippen LogP contribution in [0.1, 0.15) is 22.6 Å². The van der Waals surface area contributed by atoms with Gasteiger partial charge in [0, 0.05) is 42.4 Å². The summed E-state index contributed by atoms with van der Waals surface area (Å²) >= 11 is 0. The zero-order chi connectivity index (χ0) is 20.7. The lowest BCUT2D eigenvalue weighted by Crippen LogP contribution is -2.32. The molecule has 1 atom stereocenters. The highest BCUT2D eigenvalue weighted by Gasteiger charge is 2.33. The van der Waals surface area contributed by atoms with E-state index in [1.165, 1.54) is 0 Å². The van der Waals surface area contributed by atoms with Crippen molar-refractivity contribution in [2.75, 3.05) is 20.6 Å². The predicted octanol–water partition coefficient (Wildman–Crippen LogP) is 3.76. The molecule has 150 valence electrons. The SMILES string of the molecule is CN(C)CCn1cnc2c(c1=N)C(c1cccnc1)c1ccc3ccccc3c1O2. The van der Waals surface area contributed by atoms with E-state index in [0.29, 0.717) is 17.9 Å². The second-order valence-corrected chi connectivity index (χ2v) is 7.84. The van der Waals surface area contributed by atoms with Crippen LogP contribution in [-0.2, 0) is 6.54 Å². The van der Waals surface area contributed by atoms with Crippen LogP contribution < -0.4 is 10.2 Å². The van der Waals surface area contributed by atoms with Crippen LogP contribution in [0.2, 0.25) is 0 Å². The Hall–Kier alpha value is -3.51. The van der Waals surface area contributed by atoms with Crippen LogP contribution in [0.25, 0.3) is 10.8 Å². The quantitative estimate of drug-likeness (QED) is 0.501. The third kappa shape index (κ3) is 3.06. The highest BCUT2D eigenvalue weighted by atomic mass is 16.5. The number of hydrogen-bond acceptors (Lipinski definition) is 5. The summed E-state index contributed by atoms with van der Waals surface area (Å²) in [4.78, 5) is 11.1. The average Bonchev–Trinajstić information content (AvgIpc) is 2.77. The maximum absolute atomic E-state index is 8.96. The molecule has 5 rings (SSSR count). The molecule has 3 heterocycles. The molecule has 1 aliphatic heterocycles. The van der Waals surface area contributed by atoms with Gasteiger partial charge in [-0.05, 0) is 31.1 Å². The predicted molar refractivity (Wildman–Crippen MR) is 116 cm³/mol. The van der Waals surface area contributed by atoms with E-state index in [2.05, 4.69) is 45.2 Å². The highest BCUT2D eigenvalue weighted by Crippen LogP contribution is 2.47. The van der Waals surface area contributed by atoms with Gasteiger partial charge in [-0.1, -0.05) is 42.5 Å². The second kappa shape index (κ2) is 7.39. The molecule has 1 aliphatic rings. The van der Waals surface area contributed by atoms with Crippen LogP contribution in [0.4, 0.5) is 0 Å². The number of fused-ring (bicyclic) bond motifs is 4. The number of pyridine rings is 1. The van der Waals surface area contributed by atoms with Crippen molar-refractivity contribution >= 4 is 10.8 Å². The molecule has 0 bridgehead atoms. The van der Waals surface area contributed by atoms with Crippen LogP contribution in [0, 0.1) is 5.41 Å². The third-order valence-electron chi connectivity index (χ3n) is 5.60. The minimum atomic E-state index is -0.158. The van der Waals surface area contributed by atoms with Gasteiger partial charge in [0.25, 0.3) is 0 Å². The Morgan fingerprint density at radius 1 is 1.10 bits per heavy atom. The number of nitrogens with one attached hydrogen (secondary N) is 1. The molecule has 0 amide bonds. The van der Waals surface area contributed by atoms with Crippen molar-refractivity contribution in [3.8, 4) is 11.6 Å². The molecule has 0 spiro atoms. The molecule has 6 heteroatoms. The summed E-state index contributed by atoms with van der Waals surface area (Å²) < 4.78 is 8.22. The fraction of sp³-hybridized carbons (Fsp3) is 0.208. The van der Waals surface area contributed by atoms with Crippen LogP contribution in [-0.4, -0.2) is 40.1 Å². The molecule has 30 heavy (non-hydrogen) atoms. The number of hydrogen-bond donors (Lipinski definition) is 1. The lowest BCUT2D eigenvalue weighted by molar-refractivity contribution is 0.371. The summed E-state index contributed by atoms with van der Waals surface area (Å²) in [6.45, 7) is 1.52. The number of likely N-dealkylation sites (N-methyl/N-ethyl adjacent to an activating group) is 1. The zero-order valence-corrected chi connectivity index (χ0v) is 17.0. The van der Waals surface area contributed by atoms with Gasteiger partial charge in [-0.25, -0.2) is 4.98 Å². The third-order valence-corrected chi connectivity index (χ3v) is 5.60. The van der Waals surface area contributed by atoms with Gasteiger partial charge in [0.2, 0.25) is 5.88 Å². The molecule has 0 aliphatic carbocycles. The first kappa shape index (κ1) is 18.5. The van der Waals surface area contributed by atoms with Crippen molar-refractivity contribution in [1.29, 1.82) is 5.41 Å². The lowest BCUT2D eigenvalue weighted by atomic mass is 9.83. The Kier molecular flexibility index (Phi) is 4.56. The van der Waals surface area contributed by atoms with Gasteiger partial charge in [0.1, 0.15) is 17.6 Å². The molecule has 1 N–H and O–H groups in total. The normalized spacial score (nSPS) is 15.0. The smallest absolute Gasteiger partial charge is 0.228 e. The molecular formula is C24H23N5O. The largest absolute Gasteiger partial charge is 0.438 e. The van der Waals surface area contributed by atoms with Crippen LogP contribution in [0.5, 0.6) is 11.6 Å². The van der Waals surface area contributed by atoms with Crippen LogP contribution >= 0.6 is 0 Å². The van der Waals surface area contributed by atoms with Gasteiger partial charge < -0.3 is 14.2 Å². The van der Waals surface area contributed by atoms with Gasteiger partial charge >= 0.3 is 0 Å². The zero-order valence-electron chi connectivity index (χ0n) is 17.0. The second-order valence-electron chi connectivity index (χ2n) is 7.84. The first-order chi connectivity index (χ1) is 14.6. The summed E-state index contributed by atoms with van der Waals surface area (Å²) in [6, 6.07) is 16.4. The van der Waals surface area contributed by atoms with Gasteiger partial charge in [0.05, 0.1) is 5.56 Å². The number of nitrogens with zero attached hydrogens (tertiary/aromatic N) is 4. The summed E-state index contributed by atoms with van der Waals surface area (Å²) in [5.74, 6) is 1.15. The standard InChI is InChI=1S/C24H23N5O/c1-28(2)12-13-29-15-27-24-21(23(29)25)20(17-7-5-11-26-14-17)19-10-9-16-6-3-4-8-18(16)22(19)30-24/h3-11,14-15,20,25H,12-13H2,1-2H3. The summed E-state index contributed by atoms with van der Waals surface area (Å²) in [5.41, 5.74) is 3.27. The van der Waals surface area contributed by atoms with Crippen molar-refractivity contribution in [3.05, 3.63) is 89.4 Å². The van der Waals surface area contributed by atoms with E-state index in [9.17, 15) is 0 Å². The van der Waals surface area contributed by atoms with Gasteiger partial charge in [-0.3, -0.25) is 10.4 Å². The van der Waals surface area contributed by atoms with E-state index in [-0.39, 0.29) is 5.92 Å². The van der Waals surface area contributed by atoms with Crippen molar-refractivity contribution in [2.24, 2.45) is 0 Å². The van der Waals surface area contributed by atoms with Crippen LogP contribution in [0.3, 0.4) is 0 Å². The fourth-order valence-corrected chi connectivity index (χ4v) is 4.07. The minimum Gasteiger partial charge on any atom is -0.438 e. The molecule has 6 nitrogen and oxygen atoms in total. The molecule has 1 unspecified atom stereocenters. The van der Waals surface area contributed by atoms with Gasteiger partial charge in [0.15, 0.2) is 0 Å². The van der Waals surface area contributed by atoms with Crippen molar-refractivity contribution < 1.29 is 4.74 Å². The van der Waals surface area contributed by atoms with E-state index in [0.717, 1.165) is 39.8 Å². The number of aromatic nitrogens is 3. The first-order valence-corrected chi connectivity index (χ1v) is 10.0. The van der Waals surface area contributed by atoms with Gasteiger partial charge in [-0.2, -0.15) is 0 Å². The average molecular weight is 397 g/mol. The molecule has 0 fully saturated rings. The Bertz CT molecular complexity index is 1280. The molecular weight excluding hydrogens is 374 g/mol. The fourth-order valence-electron chi connectivity index (χ4n) is 4.07. The van der Waals surface area contributed by atoms with E-state index in [1.807, 2.05) is 43.1 Å². The Labute approximate surface area is 174 Å². The number of ether oxygens (including phenoxy) is 1. The summed E-state index contributed by atoms with van der Waals surface area (Å²) in [6.07, 6.45) is 5.35. The first-order valence-electron chi connectivity index (χ1n) is 10.0. The van der Waals surface area contributed by atoms with Crippen LogP contribution in [0.15, 0.2) is 67.3 Å². The summed E-state index contributed by atoms with van der Waals surface area (Å²) in [5, 5.41) is 11.1. The monoisotopic (exact) mass is 397 g/mol. The van der Waals surface area contributed by atoms with E-state index < -0.39 is 0 Å². The number of benzene rings is 2. The van der Waals surface area contributed by atoms with Crippen molar-refractivity contribution in [2.45, 2.75) is 12.5 Å². The van der Waals surface area contributed by atoms with Gasteiger partial charge in [-0.15, -0.1) is 0 Å². The Morgan fingerprint density at radius 2 is 1.97 bits per heavy atom. The molecule has 4 aromatic rings. The maximum atomic E-state index is 8.96. The molecule has 0 radical (unpaired) electrons. The Morgan fingerprint density at radius 3 is 2.77 bits per heavy atom. The molecule has 0 saturated heterocycles. The summed E-state index contributed by atoms with van der Waals surface area (Å²) in [7, 11) is 4.05. The minimum absolute atomic E-state index is 0.158. The van der Waals surface area contributed by atoms with E-state index >= 15 is 0 Å². The topological polar surface area (TPSA) is 67.0 Å². The Balaban J connectivity index is 1.75. The molecule has 2 aromatic carbocycles. The van der Waals surface area contributed by atoms with Crippen molar-refractivity contribution in [3.63, 3.8) is 0 Å². The van der Waals surface area contributed by atoms with E-state index in [4.69, 9.17) is 10.1 Å². The maximum Gasteiger partial charge on any atom is 0.228 e. The molecule has 2 aromatic heterocycles. The van der Waals surface area contributed by atoms with Crippen molar-refractivity contribution in [1.82, 2.24) is 19.4 Å². The number of rotatable bonds is 4. The molecule has 0 saturated carbocycles.